The normalized spacial score (nSPS) is 18.2. The first kappa shape index (κ1) is 17.0. The van der Waals surface area contributed by atoms with Crippen molar-refractivity contribution in [2.45, 2.75) is 19.5 Å². The third-order valence-corrected chi connectivity index (χ3v) is 3.49. The van der Waals surface area contributed by atoms with Gasteiger partial charge in [-0.3, -0.25) is 14.4 Å². The minimum absolute atomic E-state index is 0.173. The summed E-state index contributed by atoms with van der Waals surface area (Å²) in [4.78, 5) is 35.6. The molecule has 0 saturated carbocycles. The molecule has 1 aliphatic rings. The number of nitrogens with zero attached hydrogens (tertiary/aromatic N) is 1. The van der Waals surface area contributed by atoms with Crippen LogP contribution in [-0.4, -0.2) is 41.8 Å². The van der Waals surface area contributed by atoms with Crippen LogP contribution >= 0.6 is 0 Å². The number of amides is 2. The van der Waals surface area contributed by atoms with Crippen molar-refractivity contribution in [1.82, 2.24) is 4.90 Å². The number of nitrogens with one attached hydrogen (secondary N) is 1. The lowest BCUT2D eigenvalue weighted by atomic mass is 10.1. The Morgan fingerprint density at radius 1 is 1.35 bits per heavy atom. The van der Waals surface area contributed by atoms with Gasteiger partial charge in [-0.1, -0.05) is 12.1 Å². The zero-order chi connectivity index (χ0) is 17.2. The molecule has 0 aliphatic carbocycles. The van der Waals surface area contributed by atoms with Gasteiger partial charge in [0.25, 0.3) is 0 Å². The molecule has 1 aromatic rings. The van der Waals surface area contributed by atoms with E-state index in [1.807, 2.05) is 0 Å². The highest BCUT2D eigenvalue weighted by Crippen LogP contribution is 2.25. The fourth-order valence-electron chi connectivity index (χ4n) is 2.38. The predicted octanol–water partition coefficient (Wildman–Crippen LogP) is 2.24. The molecule has 0 radical (unpaired) electrons. The number of rotatable bonds is 4. The highest BCUT2D eigenvalue weighted by atomic mass is 19.4. The number of ketones is 1. The number of hydrogen-bond acceptors (Lipinski definition) is 3. The molecular formula is C15H15F3N2O3. The third-order valence-electron chi connectivity index (χ3n) is 3.49. The van der Waals surface area contributed by atoms with Crippen molar-refractivity contribution in [2.24, 2.45) is 5.92 Å². The number of carbonyl (C=O) groups excluding carboxylic acids is 3. The van der Waals surface area contributed by atoms with Gasteiger partial charge in [-0.05, 0) is 19.1 Å². The van der Waals surface area contributed by atoms with Gasteiger partial charge in [0.15, 0.2) is 5.78 Å². The number of likely N-dealkylation sites (tertiary alicyclic amines) is 1. The van der Waals surface area contributed by atoms with Gasteiger partial charge in [0.1, 0.15) is 6.54 Å². The fourth-order valence-corrected chi connectivity index (χ4v) is 2.38. The lowest BCUT2D eigenvalue weighted by Gasteiger charge is -2.18. The number of halogens is 3. The summed E-state index contributed by atoms with van der Waals surface area (Å²) in [6, 6.07) is 6.21. The monoisotopic (exact) mass is 328 g/mol. The Bertz CT molecular complexity index is 643. The van der Waals surface area contributed by atoms with E-state index in [1.165, 1.54) is 13.0 Å². The molecule has 0 aromatic heterocycles. The summed E-state index contributed by atoms with van der Waals surface area (Å²) in [7, 11) is 0. The predicted molar refractivity (Wildman–Crippen MR) is 75.8 cm³/mol. The van der Waals surface area contributed by atoms with Crippen molar-refractivity contribution in [3.8, 4) is 0 Å². The molecule has 2 rings (SSSR count). The summed E-state index contributed by atoms with van der Waals surface area (Å²) in [5.41, 5.74) is 0.772. The van der Waals surface area contributed by atoms with E-state index in [2.05, 4.69) is 5.32 Å². The zero-order valence-corrected chi connectivity index (χ0v) is 12.3. The topological polar surface area (TPSA) is 66.5 Å². The first-order valence-electron chi connectivity index (χ1n) is 6.92. The van der Waals surface area contributed by atoms with Crippen LogP contribution in [0.1, 0.15) is 23.7 Å². The van der Waals surface area contributed by atoms with Gasteiger partial charge in [0.05, 0.1) is 5.92 Å². The van der Waals surface area contributed by atoms with Gasteiger partial charge in [-0.15, -0.1) is 0 Å². The van der Waals surface area contributed by atoms with E-state index in [9.17, 15) is 27.6 Å². The largest absolute Gasteiger partial charge is 0.406 e. The van der Waals surface area contributed by atoms with E-state index in [0.717, 1.165) is 0 Å². The maximum atomic E-state index is 12.3. The van der Waals surface area contributed by atoms with Crippen LogP contribution in [0.25, 0.3) is 0 Å². The SMILES string of the molecule is CC(=O)c1cccc(NC(=O)[C@@H]2CC(=O)N(CC(F)(F)F)C2)c1. The highest BCUT2D eigenvalue weighted by molar-refractivity contribution is 5.99. The van der Waals surface area contributed by atoms with Gasteiger partial charge in [0, 0.05) is 24.2 Å². The fraction of sp³-hybridized carbons (Fsp3) is 0.400. The van der Waals surface area contributed by atoms with Crippen LogP contribution in [0.2, 0.25) is 0 Å². The molecule has 0 spiro atoms. The molecule has 1 aliphatic heterocycles. The Morgan fingerprint density at radius 3 is 2.65 bits per heavy atom. The smallest absolute Gasteiger partial charge is 0.333 e. The maximum absolute atomic E-state index is 12.3. The van der Waals surface area contributed by atoms with Crippen molar-refractivity contribution in [3.05, 3.63) is 29.8 Å². The minimum atomic E-state index is -4.49. The number of Topliss-reactive ketones (excluding diaryl/α,β-unsaturated/α-hetero) is 1. The van der Waals surface area contributed by atoms with Crippen molar-refractivity contribution >= 4 is 23.3 Å². The Morgan fingerprint density at radius 2 is 2.04 bits per heavy atom. The molecule has 2 amide bonds. The first-order chi connectivity index (χ1) is 10.7. The Kier molecular flexibility index (Phi) is 4.72. The number of hydrogen-bond donors (Lipinski definition) is 1. The van der Waals surface area contributed by atoms with E-state index in [4.69, 9.17) is 0 Å². The average Bonchev–Trinajstić information content (AvgIpc) is 2.78. The van der Waals surface area contributed by atoms with Crippen LogP contribution in [0, 0.1) is 5.92 Å². The molecule has 5 nitrogen and oxygen atoms in total. The van der Waals surface area contributed by atoms with Crippen LogP contribution in [0.3, 0.4) is 0 Å². The van der Waals surface area contributed by atoms with Gasteiger partial charge < -0.3 is 10.2 Å². The van der Waals surface area contributed by atoms with Crippen molar-refractivity contribution in [2.75, 3.05) is 18.4 Å². The van der Waals surface area contributed by atoms with E-state index >= 15 is 0 Å². The number of anilines is 1. The summed E-state index contributed by atoms with van der Waals surface area (Å²) in [6.45, 7) is -0.238. The number of alkyl halides is 3. The Labute approximate surface area is 130 Å². The van der Waals surface area contributed by atoms with Gasteiger partial charge in [0.2, 0.25) is 11.8 Å². The summed E-state index contributed by atoms with van der Waals surface area (Å²) < 4.78 is 37.0. The molecule has 1 fully saturated rings. The van der Waals surface area contributed by atoms with Crippen molar-refractivity contribution in [1.29, 1.82) is 0 Å². The molecule has 1 saturated heterocycles. The summed E-state index contributed by atoms with van der Waals surface area (Å²) >= 11 is 0. The van der Waals surface area contributed by atoms with Crippen LogP contribution in [-0.2, 0) is 9.59 Å². The summed E-state index contributed by atoms with van der Waals surface area (Å²) in [5, 5.41) is 2.53. The first-order valence-corrected chi connectivity index (χ1v) is 6.92. The average molecular weight is 328 g/mol. The summed E-state index contributed by atoms with van der Waals surface area (Å²) in [6.07, 6.45) is -4.74. The van der Waals surface area contributed by atoms with Crippen LogP contribution in [0.5, 0.6) is 0 Å². The van der Waals surface area contributed by atoms with E-state index in [-0.39, 0.29) is 18.7 Å². The van der Waals surface area contributed by atoms with Crippen LogP contribution in [0.4, 0.5) is 18.9 Å². The molecule has 23 heavy (non-hydrogen) atoms. The molecule has 0 bridgehead atoms. The van der Waals surface area contributed by atoms with Gasteiger partial charge in [-0.25, -0.2) is 0 Å². The van der Waals surface area contributed by atoms with Crippen molar-refractivity contribution in [3.63, 3.8) is 0 Å². The molecule has 1 heterocycles. The van der Waals surface area contributed by atoms with E-state index in [1.54, 1.807) is 18.2 Å². The Hall–Kier alpha value is -2.38. The van der Waals surface area contributed by atoms with E-state index < -0.39 is 30.5 Å². The molecule has 0 unspecified atom stereocenters. The highest BCUT2D eigenvalue weighted by Gasteiger charge is 2.40. The second-order valence-electron chi connectivity index (χ2n) is 5.42. The van der Waals surface area contributed by atoms with Gasteiger partial charge in [-0.2, -0.15) is 13.2 Å². The molecule has 8 heteroatoms. The molecule has 1 aromatic carbocycles. The molecule has 1 atom stereocenters. The number of benzene rings is 1. The summed E-state index contributed by atoms with van der Waals surface area (Å²) in [5.74, 6) is -2.25. The minimum Gasteiger partial charge on any atom is -0.333 e. The zero-order valence-electron chi connectivity index (χ0n) is 12.3. The molecule has 124 valence electrons. The second kappa shape index (κ2) is 6.39. The Balaban J connectivity index is 2.01. The quantitative estimate of drug-likeness (QED) is 0.862. The van der Waals surface area contributed by atoms with E-state index in [0.29, 0.717) is 16.2 Å². The standard InChI is InChI=1S/C15H15F3N2O3/c1-9(21)10-3-2-4-12(5-10)19-14(23)11-6-13(22)20(7-11)8-15(16,17)18/h2-5,11H,6-8H2,1H3,(H,19,23)/t11-/m1/s1. The second-order valence-corrected chi connectivity index (χ2v) is 5.42. The molecular weight excluding hydrogens is 313 g/mol. The lowest BCUT2D eigenvalue weighted by Crippen LogP contribution is -2.36. The number of carbonyl (C=O) groups is 3. The third kappa shape index (κ3) is 4.54. The lowest BCUT2D eigenvalue weighted by molar-refractivity contribution is -0.157. The van der Waals surface area contributed by atoms with Crippen molar-refractivity contribution < 1.29 is 27.6 Å². The molecule has 1 N–H and O–H groups in total. The van der Waals surface area contributed by atoms with Gasteiger partial charge >= 0.3 is 6.18 Å². The maximum Gasteiger partial charge on any atom is 0.406 e. The van der Waals surface area contributed by atoms with Crippen LogP contribution < -0.4 is 5.32 Å². The van der Waals surface area contributed by atoms with Crippen LogP contribution in [0.15, 0.2) is 24.3 Å².